The Bertz CT molecular complexity index is 2360. The zero-order valence-corrected chi connectivity index (χ0v) is 28.5. The molecule has 0 amide bonds. The zero-order valence-electron chi connectivity index (χ0n) is 28.5. The molecule has 0 saturated heterocycles. The first-order chi connectivity index (χ1) is 23.8. The summed E-state index contributed by atoms with van der Waals surface area (Å²) in [5.41, 5.74) is 19.2. The molecule has 2 aliphatic carbocycles. The van der Waals surface area contributed by atoms with Crippen LogP contribution >= 0.6 is 0 Å². The monoisotopic (exact) mass is 629 g/mol. The molecular weight excluding hydrogens is 591 g/mol. The second kappa shape index (κ2) is 10.9. The van der Waals surface area contributed by atoms with E-state index in [0.717, 1.165) is 17.1 Å². The standard InChI is InChI=1S/C48H39N/c1-47(2)42-20-12-11-18-39(42)40-30-36(26-28-43(40)47)49(35-24-22-33(23-25-35)32-14-7-5-8-15-32)37-27-29-44-41(31-37)46-38(34-16-9-6-10-17-34)19-13-21-45(46)48(44,3)4/h5-31H,1-4H3. The van der Waals surface area contributed by atoms with E-state index in [1.165, 1.54) is 66.8 Å². The van der Waals surface area contributed by atoms with E-state index in [0.29, 0.717) is 0 Å². The minimum atomic E-state index is -0.0982. The lowest BCUT2D eigenvalue weighted by atomic mass is 9.82. The molecule has 2 aliphatic rings. The Hall–Kier alpha value is -5.66. The van der Waals surface area contributed by atoms with Gasteiger partial charge in [0.15, 0.2) is 0 Å². The molecule has 236 valence electrons. The van der Waals surface area contributed by atoms with Crippen molar-refractivity contribution >= 4 is 17.1 Å². The van der Waals surface area contributed by atoms with E-state index >= 15 is 0 Å². The van der Waals surface area contributed by atoms with E-state index in [-0.39, 0.29) is 10.8 Å². The molecule has 9 rings (SSSR count). The molecule has 0 N–H and O–H groups in total. The van der Waals surface area contributed by atoms with Gasteiger partial charge in [-0.15, -0.1) is 0 Å². The van der Waals surface area contributed by atoms with Gasteiger partial charge in [0.25, 0.3) is 0 Å². The fourth-order valence-electron chi connectivity index (χ4n) is 8.52. The molecule has 0 aromatic heterocycles. The number of fused-ring (bicyclic) bond motifs is 6. The molecule has 49 heavy (non-hydrogen) atoms. The maximum atomic E-state index is 2.44. The molecule has 0 fully saturated rings. The van der Waals surface area contributed by atoms with Gasteiger partial charge in [0.05, 0.1) is 0 Å². The third kappa shape index (κ3) is 4.53. The predicted octanol–water partition coefficient (Wildman–Crippen LogP) is 13.1. The summed E-state index contributed by atoms with van der Waals surface area (Å²) in [5.74, 6) is 0. The molecule has 0 bridgehead atoms. The van der Waals surface area contributed by atoms with Crippen molar-refractivity contribution in [1.29, 1.82) is 0 Å². The van der Waals surface area contributed by atoms with Crippen LogP contribution < -0.4 is 4.90 Å². The zero-order chi connectivity index (χ0) is 33.3. The van der Waals surface area contributed by atoms with Crippen LogP contribution in [0.2, 0.25) is 0 Å². The number of nitrogens with zero attached hydrogens (tertiary/aromatic N) is 1. The van der Waals surface area contributed by atoms with E-state index < -0.39 is 0 Å². The second-order valence-electron chi connectivity index (χ2n) is 14.6. The van der Waals surface area contributed by atoms with Gasteiger partial charge in [-0.05, 0) is 103 Å². The van der Waals surface area contributed by atoms with Gasteiger partial charge in [0.2, 0.25) is 0 Å². The van der Waals surface area contributed by atoms with Crippen LogP contribution in [0.25, 0.3) is 44.5 Å². The summed E-state index contributed by atoms with van der Waals surface area (Å²) in [6.45, 7) is 9.43. The molecule has 1 nitrogen and oxygen atoms in total. The van der Waals surface area contributed by atoms with Crippen molar-refractivity contribution in [2.75, 3.05) is 4.90 Å². The number of benzene rings is 7. The largest absolute Gasteiger partial charge is 0.310 e. The predicted molar refractivity (Wildman–Crippen MR) is 207 cm³/mol. The summed E-state index contributed by atoms with van der Waals surface area (Å²) in [5, 5.41) is 0. The Morgan fingerprint density at radius 2 is 0.796 bits per heavy atom. The topological polar surface area (TPSA) is 3.24 Å². The Kier molecular flexibility index (Phi) is 6.58. The first-order valence-corrected chi connectivity index (χ1v) is 17.4. The molecule has 0 aliphatic heterocycles. The molecular formula is C48H39N. The minimum absolute atomic E-state index is 0.0384. The van der Waals surface area contributed by atoms with E-state index in [2.05, 4.69) is 196 Å². The lowest BCUT2D eigenvalue weighted by molar-refractivity contribution is 0.660. The van der Waals surface area contributed by atoms with Crippen molar-refractivity contribution in [1.82, 2.24) is 0 Å². The molecule has 1 heteroatoms. The van der Waals surface area contributed by atoms with Crippen LogP contribution in [0.4, 0.5) is 17.1 Å². The molecule has 7 aromatic carbocycles. The van der Waals surface area contributed by atoms with E-state index in [4.69, 9.17) is 0 Å². The summed E-state index contributed by atoms with van der Waals surface area (Å²) >= 11 is 0. The van der Waals surface area contributed by atoms with Gasteiger partial charge in [-0.1, -0.05) is 155 Å². The van der Waals surface area contributed by atoms with Gasteiger partial charge in [-0.25, -0.2) is 0 Å². The fraction of sp³-hybridized carbons (Fsp3) is 0.125. The fourth-order valence-corrected chi connectivity index (χ4v) is 8.52. The quantitative estimate of drug-likeness (QED) is 0.183. The normalized spacial score (nSPS) is 14.4. The Labute approximate surface area is 290 Å². The molecule has 7 aromatic rings. The number of hydrogen-bond donors (Lipinski definition) is 0. The maximum absolute atomic E-state index is 2.44. The number of anilines is 3. The first-order valence-electron chi connectivity index (χ1n) is 17.4. The number of hydrogen-bond acceptors (Lipinski definition) is 1. The summed E-state index contributed by atoms with van der Waals surface area (Å²) in [6, 6.07) is 60.5. The van der Waals surface area contributed by atoms with E-state index in [1.807, 2.05) is 0 Å². The summed E-state index contributed by atoms with van der Waals surface area (Å²) in [6.07, 6.45) is 0. The van der Waals surface area contributed by atoms with Crippen LogP contribution in [0.1, 0.15) is 49.9 Å². The first kappa shape index (κ1) is 29.5. The number of rotatable bonds is 5. The van der Waals surface area contributed by atoms with Crippen molar-refractivity contribution in [2.24, 2.45) is 0 Å². The highest BCUT2D eigenvalue weighted by molar-refractivity contribution is 5.95. The minimum Gasteiger partial charge on any atom is -0.310 e. The van der Waals surface area contributed by atoms with Gasteiger partial charge in [0, 0.05) is 27.9 Å². The van der Waals surface area contributed by atoms with Gasteiger partial charge in [0.1, 0.15) is 0 Å². The van der Waals surface area contributed by atoms with Crippen molar-refractivity contribution in [2.45, 2.75) is 38.5 Å². The van der Waals surface area contributed by atoms with E-state index in [9.17, 15) is 0 Å². The van der Waals surface area contributed by atoms with E-state index in [1.54, 1.807) is 0 Å². The molecule has 0 radical (unpaired) electrons. The summed E-state index contributed by atoms with van der Waals surface area (Å²) in [4.78, 5) is 2.44. The van der Waals surface area contributed by atoms with Gasteiger partial charge < -0.3 is 4.90 Å². The molecule has 0 saturated carbocycles. The van der Waals surface area contributed by atoms with Crippen molar-refractivity contribution < 1.29 is 0 Å². The van der Waals surface area contributed by atoms with Crippen molar-refractivity contribution in [3.05, 3.63) is 186 Å². The molecule has 0 atom stereocenters. The lowest BCUT2D eigenvalue weighted by Gasteiger charge is -2.28. The van der Waals surface area contributed by atoms with Crippen LogP contribution in [-0.2, 0) is 10.8 Å². The van der Waals surface area contributed by atoms with Crippen LogP contribution in [0.3, 0.4) is 0 Å². The van der Waals surface area contributed by atoms with Gasteiger partial charge >= 0.3 is 0 Å². The Morgan fingerprint density at radius 1 is 0.327 bits per heavy atom. The van der Waals surface area contributed by atoms with Crippen LogP contribution in [0, 0.1) is 0 Å². The van der Waals surface area contributed by atoms with Gasteiger partial charge in [-0.2, -0.15) is 0 Å². The smallest absolute Gasteiger partial charge is 0.0468 e. The average molecular weight is 630 g/mol. The average Bonchev–Trinajstić information content (AvgIpc) is 3.52. The van der Waals surface area contributed by atoms with Crippen LogP contribution in [-0.4, -0.2) is 0 Å². The van der Waals surface area contributed by atoms with Crippen molar-refractivity contribution in [3.8, 4) is 44.5 Å². The van der Waals surface area contributed by atoms with Crippen molar-refractivity contribution in [3.63, 3.8) is 0 Å². The second-order valence-corrected chi connectivity index (χ2v) is 14.6. The lowest BCUT2D eigenvalue weighted by Crippen LogP contribution is -2.16. The third-order valence-electron chi connectivity index (χ3n) is 11.1. The highest BCUT2D eigenvalue weighted by atomic mass is 15.1. The Morgan fingerprint density at radius 3 is 1.49 bits per heavy atom. The SMILES string of the molecule is CC1(C)c2ccccc2-c2cc(N(c3ccc(-c4ccccc4)cc3)c3ccc4c(c3)-c3c(-c5ccccc5)cccc3C4(C)C)ccc21. The summed E-state index contributed by atoms with van der Waals surface area (Å²) < 4.78 is 0. The maximum Gasteiger partial charge on any atom is 0.0468 e. The highest BCUT2D eigenvalue weighted by Gasteiger charge is 2.38. The Balaban J connectivity index is 1.25. The summed E-state index contributed by atoms with van der Waals surface area (Å²) in [7, 11) is 0. The molecule has 0 unspecified atom stereocenters. The highest BCUT2D eigenvalue weighted by Crippen LogP contribution is 2.55. The van der Waals surface area contributed by atoms with Crippen LogP contribution in [0.5, 0.6) is 0 Å². The molecule has 0 spiro atoms. The van der Waals surface area contributed by atoms with Gasteiger partial charge in [-0.3, -0.25) is 0 Å². The molecule has 0 heterocycles. The van der Waals surface area contributed by atoms with Crippen LogP contribution in [0.15, 0.2) is 164 Å². The third-order valence-corrected chi connectivity index (χ3v) is 11.1.